The Morgan fingerprint density at radius 2 is 1.45 bits per heavy atom. The number of benzene rings is 2. The fraction of sp³-hybridized carbons (Fsp3) is 0.125. The first kappa shape index (κ1) is 13.3. The molecule has 0 aromatic heterocycles. The van der Waals surface area contributed by atoms with E-state index in [4.69, 9.17) is 11.6 Å². The lowest BCUT2D eigenvalue weighted by molar-refractivity contribution is -0.151. The molecule has 102 valence electrons. The minimum absolute atomic E-state index is 0.248. The molecule has 0 spiro atoms. The minimum Gasteiger partial charge on any atom is -0.169 e. The molecule has 0 radical (unpaired) electrons. The van der Waals surface area contributed by atoms with Gasteiger partial charge in [-0.1, -0.05) is 60.1 Å². The van der Waals surface area contributed by atoms with Gasteiger partial charge in [0, 0.05) is 5.02 Å². The van der Waals surface area contributed by atoms with E-state index >= 15 is 0 Å². The van der Waals surface area contributed by atoms with E-state index in [1.54, 1.807) is 42.5 Å². The average Bonchev–Trinajstić information content (AvgIpc) is 3.17. The predicted molar refractivity (Wildman–Crippen MR) is 73.6 cm³/mol. The van der Waals surface area contributed by atoms with Gasteiger partial charge < -0.3 is 0 Å². The third kappa shape index (κ3) is 1.93. The lowest BCUT2D eigenvalue weighted by Gasteiger charge is -2.23. The topological polar surface area (TPSA) is 0 Å². The maximum atomic E-state index is 13.5. The van der Waals surface area contributed by atoms with Gasteiger partial charge in [-0.05, 0) is 28.8 Å². The smallest absolute Gasteiger partial charge is 0.169 e. The molecular weight excluding hydrogens is 285 g/mol. The van der Waals surface area contributed by atoms with Crippen LogP contribution in [-0.2, 0) is 5.41 Å². The van der Waals surface area contributed by atoms with Gasteiger partial charge in [0.05, 0.1) is 0 Å². The van der Waals surface area contributed by atoms with Gasteiger partial charge in [0.15, 0.2) is 0 Å². The van der Waals surface area contributed by atoms with Crippen molar-refractivity contribution in [2.45, 2.75) is 11.6 Å². The van der Waals surface area contributed by atoms with E-state index in [1.807, 2.05) is 0 Å². The first-order valence-corrected chi connectivity index (χ1v) is 6.44. The number of hydrogen-bond acceptors (Lipinski definition) is 0. The third-order valence-electron chi connectivity index (χ3n) is 3.53. The van der Waals surface area contributed by atoms with Crippen LogP contribution in [0.3, 0.4) is 0 Å². The highest BCUT2D eigenvalue weighted by molar-refractivity contribution is 6.30. The highest BCUT2D eigenvalue weighted by Gasteiger charge is 2.64. The molecule has 0 fully saturated rings. The van der Waals surface area contributed by atoms with Crippen molar-refractivity contribution in [1.29, 1.82) is 0 Å². The third-order valence-corrected chi connectivity index (χ3v) is 3.79. The molecule has 1 aliphatic carbocycles. The van der Waals surface area contributed by atoms with Crippen LogP contribution in [0.1, 0.15) is 11.1 Å². The van der Waals surface area contributed by atoms with Gasteiger partial charge >= 0.3 is 6.18 Å². The van der Waals surface area contributed by atoms with Crippen LogP contribution in [0.2, 0.25) is 5.02 Å². The average molecular weight is 295 g/mol. The molecule has 2 aromatic rings. The Labute approximate surface area is 119 Å². The zero-order valence-electron chi connectivity index (χ0n) is 10.3. The van der Waals surface area contributed by atoms with Gasteiger partial charge in [-0.3, -0.25) is 0 Å². The van der Waals surface area contributed by atoms with Crippen molar-refractivity contribution >= 4 is 17.2 Å². The molecule has 0 aliphatic heterocycles. The van der Waals surface area contributed by atoms with Gasteiger partial charge in [-0.15, -0.1) is 0 Å². The van der Waals surface area contributed by atoms with Crippen LogP contribution >= 0.6 is 11.6 Å². The van der Waals surface area contributed by atoms with Crippen LogP contribution in [0.15, 0.2) is 60.7 Å². The van der Waals surface area contributed by atoms with E-state index in [0.29, 0.717) is 10.6 Å². The molecule has 0 nitrogen and oxygen atoms in total. The highest BCUT2D eigenvalue weighted by Crippen LogP contribution is 2.61. The van der Waals surface area contributed by atoms with Gasteiger partial charge in [-0.25, -0.2) is 0 Å². The zero-order valence-corrected chi connectivity index (χ0v) is 11.0. The van der Waals surface area contributed by atoms with Crippen molar-refractivity contribution in [1.82, 2.24) is 0 Å². The quantitative estimate of drug-likeness (QED) is 0.711. The first-order valence-electron chi connectivity index (χ1n) is 6.07. The van der Waals surface area contributed by atoms with Crippen molar-refractivity contribution < 1.29 is 13.2 Å². The summed E-state index contributed by atoms with van der Waals surface area (Å²) in [5.74, 6) is 0. The van der Waals surface area contributed by atoms with Crippen LogP contribution in [0.5, 0.6) is 0 Å². The van der Waals surface area contributed by atoms with Crippen molar-refractivity contribution in [2.24, 2.45) is 0 Å². The van der Waals surface area contributed by atoms with E-state index < -0.39 is 11.6 Å². The Kier molecular flexibility index (Phi) is 2.91. The fourth-order valence-electron chi connectivity index (χ4n) is 2.46. The first-order chi connectivity index (χ1) is 9.45. The van der Waals surface area contributed by atoms with E-state index in [9.17, 15) is 13.2 Å². The van der Waals surface area contributed by atoms with Crippen molar-refractivity contribution in [2.75, 3.05) is 0 Å². The molecule has 0 heterocycles. The Morgan fingerprint density at radius 1 is 0.850 bits per heavy atom. The summed E-state index contributed by atoms with van der Waals surface area (Å²) in [5.41, 5.74) is -0.872. The zero-order chi connectivity index (χ0) is 14.4. The van der Waals surface area contributed by atoms with Crippen LogP contribution in [0.25, 0.3) is 5.57 Å². The molecule has 0 saturated carbocycles. The molecule has 20 heavy (non-hydrogen) atoms. The molecule has 4 heteroatoms. The molecule has 0 N–H and O–H groups in total. The molecule has 1 aliphatic rings. The van der Waals surface area contributed by atoms with E-state index in [1.165, 1.54) is 18.2 Å². The summed E-state index contributed by atoms with van der Waals surface area (Å²) >= 11 is 5.77. The van der Waals surface area contributed by atoms with Crippen LogP contribution < -0.4 is 0 Å². The SMILES string of the molecule is FC(F)(F)[C@@]1(c2ccccc2)C=C1c1ccc(Cl)cc1. The Balaban J connectivity index is 2.04. The molecule has 1 atom stereocenters. The number of allylic oxidation sites excluding steroid dienone is 2. The van der Waals surface area contributed by atoms with E-state index in [0.717, 1.165) is 0 Å². The number of hydrogen-bond donors (Lipinski definition) is 0. The summed E-state index contributed by atoms with van der Waals surface area (Å²) in [4.78, 5) is 0. The van der Waals surface area contributed by atoms with Crippen molar-refractivity contribution in [3.63, 3.8) is 0 Å². The van der Waals surface area contributed by atoms with Gasteiger partial charge in [0.1, 0.15) is 5.41 Å². The summed E-state index contributed by atoms with van der Waals surface area (Å²) in [6.07, 6.45) is -3.07. The van der Waals surface area contributed by atoms with Crippen molar-refractivity contribution in [3.8, 4) is 0 Å². The van der Waals surface area contributed by atoms with Gasteiger partial charge in [0.2, 0.25) is 0 Å². The predicted octanol–water partition coefficient (Wildman–Crippen LogP) is 5.24. The molecule has 0 amide bonds. The van der Waals surface area contributed by atoms with Gasteiger partial charge in [0.25, 0.3) is 0 Å². The number of halogens is 4. The maximum absolute atomic E-state index is 13.5. The Hall–Kier alpha value is -1.74. The number of rotatable bonds is 2. The summed E-state index contributed by atoms with van der Waals surface area (Å²) < 4.78 is 40.6. The molecule has 2 aromatic carbocycles. The second-order valence-electron chi connectivity index (χ2n) is 4.74. The van der Waals surface area contributed by atoms with E-state index in [-0.39, 0.29) is 11.1 Å². The molecule has 0 bridgehead atoms. The van der Waals surface area contributed by atoms with Crippen LogP contribution in [0, 0.1) is 0 Å². The lowest BCUT2D eigenvalue weighted by Crippen LogP contribution is -2.31. The summed E-state index contributed by atoms with van der Waals surface area (Å²) in [6, 6.07) is 14.4. The highest BCUT2D eigenvalue weighted by atomic mass is 35.5. The Bertz CT molecular complexity index is 656. The summed E-state index contributed by atoms with van der Waals surface area (Å²) in [6.45, 7) is 0. The second kappa shape index (κ2) is 4.38. The van der Waals surface area contributed by atoms with E-state index in [2.05, 4.69) is 0 Å². The molecule has 0 saturated heterocycles. The fourth-order valence-corrected chi connectivity index (χ4v) is 2.58. The van der Waals surface area contributed by atoms with Gasteiger partial charge in [-0.2, -0.15) is 13.2 Å². The Morgan fingerprint density at radius 3 is 2.00 bits per heavy atom. The minimum atomic E-state index is -4.34. The summed E-state index contributed by atoms with van der Waals surface area (Å²) in [5, 5.41) is 0.507. The standard InChI is InChI=1S/C16H10ClF3/c17-13-8-6-11(7-9-13)14-10-15(14,16(18,19)20)12-4-2-1-3-5-12/h1-10H/t15-/m1/s1. The normalized spacial score (nSPS) is 21.5. The van der Waals surface area contributed by atoms with Crippen LogP contribution in [-0.4, -0.2) is 6.18 Å². The molecule has 0 unspecified atom stereocenters. The lowest BCUT2D eigenvalue weighted by atomic mass is 9.87. The number of alkyl halides is 3. The van der Waals surface area contributed by atoms with Crippen molar-refractivity contribution in [3.05, 3.63) is 76.8 Å². The molecular formula is C16H10ClF3. The maximum Gasteiger partial charge on any atom is 0.405 e. The van der Waals surface area contributed by atoms with Crippen LogP contribution in [0.4, 0.5) is 13.2 Å². The largest absolute Gasteiger partial charge is 0.405 e. The second-order valence-corrected chi connectivity index (χ2v) is 5.17. The monoisotopic (exact) mass is 294 g/mol. The molecule has 3 rings (SSSR count). The summed E-state index contributed by atoms with van der Waals surface area (Å²) in [7, 11) is 0.